The van der Waals surface area contributed by atoms with Crippen LogP contribution in [0.3, 0.4) is 0 Å². The van der Waals surface area contributed by atoms with Crippen LogP contribution >= 0.6 is 0 Å². The predicted octanol–water partition coefficient (Wildman–Crippen LogP) is 3.50. The predicted molar refractivity (Wildman–Crippen MR) is 115 cm³/mol. The molecule has 8 heteroatoms. The first kappa shape index (κ1) is 21.0. The SMILES string of the molecule is CN(C)C1CCN(c2cc3c(cc2F)c(=O)c(C(=O)O)cn3-c2ccc(F)cc2)CC1. The second-order valence-electron chi connectivity index (χ2n) is 8.03. The van der Waals surface area contributed by atoms with E-state index in [0.717, 1.165) is 18.9 Å². The minimum absolute atomic E-state index is 0.0337. The highest BCUT2D eigenvalue weighted by Gasteiger charge is 2.24. The Kier molecular flexibility index (Phi) is 5.49. The molecule has 0 radical (unpaired) electrons. The van der Waals surface area contributed by atoms with Crippen molar-refractivity contribution >= 4 is 22.6 Å². The molecule has 1 aliphatic heterocycles. The third kappa shape index (κ3) is 3.90. The summed E-state index contributed by atoms with van der Waals surface area (Å²) in [6.45, 7) is 1.33. The Morgan fingerprint density at radius 2 is 1.74 bits per heavy atom. The van der Waals surface area contributed by atoms with Crippen molar-refractivity contribution in [2.75, 3.05) is 32.1 Å². The molecule has 0 bridgehead atoms. The summed E-state index contributed by atoms with van der Waals surface area (Å²) in [4.78, 5) is 28.4. The molecule has 1 aromatic heterocycles. The van der Waals surface area contributed by atoms with E-state index in [9.17, 15) is 19.1 Å². The fourth-order valence-corrected chi connectivity index (χ4v) is 4.17. The van der Waals surface area contributed by atoms with E-state index in [4.69, 9.17) is 0 Å². The molecule has 1 saturated heterocycles. The van der Waals surface area contributed by atoms with Gasteiger partial charge in [0.05, 0.1) is 11.2 Å². The molecule has 2 heterocycles. The molecule has 0 aliphatic carbocycles. The Bertz CT molecular complexity index is 1200. The van der Waals surface area contributed by atoms with E-state index in [1.54, 1.807) is 6.07 Å². The lowest BCUT2D eigenvalue weighted by molar-refractivity contribution is 0.0695. The van der Waals surface area contributed by atoms with Crippen LogP contribution in [0.25, 0.3) is 16.6 Å². The van der Waals surface area contributed by atoms with Crippen molar-refractivity contribution < 1.29 is 18.7 Å². The molecule has 0 spiro atoms. The lowest BCUT2D eigenvalue weighted by Gasteiger charge is -2.36. The van der Waals surface area contributed by atoms with Gasteiger partial charge in [0.15, 0.2) is 0 Å². The first-order valence-corrected chi connectivity index (χ1v) is 10.1. The van der Waals surface area contributed by atoms with Crippen molar-refractivity contribution in [1.29, 1.82) is 0 Å². The smallest absolute Gasteiger partial charge is 0.341 e. The minimum atomic E-state index is -1.40. The van der Waals surface area contributed by atoms with Gasteiger partial charge < -0.3 is 19.5 Å². The Morgan fingerprint density at radius 3 is 2.32 bits per heavy atom. The number of fused-ring (bicyclic) bond motifs is 1. The number of carbonyl (C=O) groups is 1. The van der Waals surface area contributed by atoms with E-state index in [-0.39, 0.29) is 5.39 Å². The lowest BCUT2D eigenvalue weighted by atomic mass is 10.0. The maximum atomic E-state index is 15.1. The van der Waals surface area contributed by atoms with Gasteiger partial charge in [0, 0.05) is 36.4 Å². The standard InChI is InChI=1S/C23H23F2N3O3/c1-26(2)15-7-9-27(10-8-15)21-12-20-17(11-19(21)25)22(29)18(23(30)31)13-28(20)16-5-3-14(24)4-6-16/h3-6,11-13,15H,7-10H2,1-2H3,(H,30,31). The van der Waals surface area contributed by atoms with Gasteiger partial charge in [0.25, 0.3) is 0 Å². The van der Waals surface area contributed by atoms with Crippen LogP contribution in [0.5, 0.6) is 0 Å². The number of nitrogens with zero attached hydrogens (tertiary/aromatic N) is 3. The van der Waals surface area contributed by atoms with Gasteiger partial charge in [0.1, 0.15) is 17.2 Å². The second-order valence-corrected chi connectivity index (χ2v) is 8.03. The molecule has 3 aromatic rings. The summed E-state index contributed by atoms with van der Waals surface area (Å²) in [6, 6.07) is 8.57. The van der Waals surface area contributed by atoms with Gasteiger partial charge in [-0.25, -0.2) is 13.6 Å². The molecule has 1 N–H and O–H groups in total. The molecule has 162 valence electrons. The molecule has 2 aromatic carbocycles. The molecule has 0 amide bonds. The first-order valence-electron chi connectivity index (χ1n) is 10.1. The quantitative estimate of drug-likeness (QED) is 0.691. The van der Waals surface area contributed by atoms with Crippen LogP contribution in [0.1, 0.15) is 23.2 Å². The fraction of sp³-hybridized carbons (Fsp3) is 0.304. The number of hydrogen-bond donors (Lipinski definition) is 1. The number of piperidine rings is 1. The van der Waals surface area contributed by atoms with E-state index < -0.39 is 28.6 Å². The third-order valence-electron chi connectivity index (χ3n) is 5.94. The van der Waals surface area contributed by atoms with Crippen molar-refractivity contribution in [3.8, 4) is 5.69 Å². The molecule has 0 saturated carbocycles. The second kappa shape index (κ2) is 8.11. The lowest BCUT2D eigenvalue weighted by Crippen LogP contribution is -2.42. The fourth-order valence-electron chi connectivity index (χ4n) is 4.17. The summed E-state index contributed by atoms with van der Waals surface area (Å²) in [5, 5.41) is 9.43. The van der Waals surface area contributed by atoms with E-state index in [1.807, 2.05) is 19.0 Å². The third-order valence-corrected chi connectivity index (χ3v) is 5.94. The Morgan fingerprint density at radius 1 is 1.10 bits per heavy atom. The number of carboxylic acids is 1. The van der Waals surface area contributed by atoms with Crippen LogP contribution in [0.2, 0.25) is 0 Å². The normalized spacial score (nSPS) is 15.1. The van der Waals surface area contributed by atoms with Gasteiger partial charge in [-0.15, -0.1) is 0 Å². The van der Waals surface area contributed by atoms with Crippen LogP contribution in [-0.4, -0.2) is 53.8 Å². The van der Waals surface area contributed by atoms with Crippen molar-refractivity contribution in [3.63, 3.8) is 0 Å². The van der Waals surface area contributed by atoms with Gasteiger partial charge in [-0.1, -0.05) is 0 Å². The average Bonchev–Trinajstić information content (AvgIpc) is 2.74. The highest BCUT2D eigenvalue weighted by atomic mass is 19.1. The summed E-state index contributed by atoms with van der Waals surface area (Å²) in [5.41, 5.74) is -0.0260. The number of aromatic carboxylic acids is 1. The number of rotatable bonds is 4. The Hall–Kier alpha value is -3.26. The number of aromatic nitrogens is 1. The van der Waals surface area contributed by atoms with Gasteiger partial charge in [-0.3, -0.25) is 4.79 Å². The van der Waals surface area contributed by atoms with Crippen LogP contribution in [0, 0.1) is 11.6 Å². The van der Waals surface area contributed by atoms with E-state index >= 15 is 4.39 Å². The molecular formula is C23H23F2N3O3. The molecular weight excluding hydrogens is 404 g/mol. The summed E-state index contributed by atoms with van der Waals surface area (Å²) in [7, 11) is 4.05. The van der Waals surface area contributed by atoms with Gasteiger partial charge in [-0.05, 0) is 63.3 Å². The van der Waals surface area contributed by atoms with Crippen LogP contribution in [0.15, 0.2) is 47.4 Å². The van der Waals surface area contributed by atoms with Crippen molar-refractivity contribution in [2.45, 2.75) is 18.9 Å². The number of anilines is 1. The summed E-state index contributed by atoms with van der Waals surface area (Å²) in [5.74, 6) is -2.41. The molecule has 0 atom stereocenters. The van der Waals surface area contributed by atoms with Gasteiger partial charge in [-0.2, -0.15) is 0 Å². The minimum Gasteiger partial charge on any atom is -0.477 e. The molecule has 0 unspecified atom stereocenters. The van der Waals surface area contributed by atoms with Gasteiger partial charge >= 0.3 is 5.97 Å². The van der Waals surface area contributed by atoms with Gasteiger partial charge in [0.2, 0.25) is 5.43 Å². The van der Waals surface area contributed by atoms with Crippen LogP contribution < -0.4 is 10.3 Å². The Labute approximate surface area is 177 Å². The zero-order valence-corrected chi connectivity index (χ0v) is 17.3. The zero-order valence-electron chi connectivity index (χ0n) is 17.3. The molecule has 1 fully saturated rings. The molecule has 4 rings (SSSR count). The van der Waals surface area contributed by atoms with Crippen LogP contribution in [0.4, 0.5) is 14.5 Å². The van der Waals surface area contributed by atoms with E-state index in [0.29, 0.717) is 36.0 Å². The zero-order chi connectivity index (χ0) is 22.3. The first-order chi connectivity index (χ1) is 14.8. The van der Waals surface area contributed by atoms with E-state index in [1.165, 1.54) is 35.0 Å². The molecule has 31 heavy (non-hydrogen) atoms. The topological polar surface area (TPSA) is 65.8 Å². The number of benzene rings is 2. The number of halogens is 2. The summed E-state index contributed by atoms with van der Waals surface area (Å²) >= 11 is 0. The van der Waals surface area contributed by atoms with Crippen molar-refractivity contribution in [2.24, 2.45) is 0 Å². The average molecular weight is 427 g/mol. The van der Waals surface area contributed by atoms with E-state index in [2.05, 4.69) is 4.90 Å². The maximum absolute atomic E-state index is 15.1. The Balaban J connectivity index is 1.88. The summed E-state index contributed by atoms with van der Waals surface area (Å²) in [6.07, 6.45) is 2.97. The van der Waals surface area contributed by atoms with Crippen LogP contribution in [-0.2, 0) is 0 Å². The number of hydrogen-bond acceptors (Lipinski definition) is 4. The monoisotopic (exact) mass is 427 g/mol. The van der Waals surface area contributed by atoms with Crippen molar-refractivity contribution in [1.82, 2.24) is 9.47 Å². The molecule has 1 aliphatic rings. The number of pyridine rings is 1. The molecule has 6 nitrogen and oxygen atoms in total. The maximum Gasteiger partial charge on any atom is 0.341 e. The largest absolute Gasteiger partial charge is 0.477 e. The number of carboxylic acid groups (broad SMARTS) is 1. The highest BCUT2D eigenvalue weighted by molar-refractivity contribution is 5.94. The highest BCUT2D eigenvalue weighted by Crippen LogP contribution is 2.29. The summed E-state index contributed by atoms with van der Waals surface area (Å²) < 4.78 is 30.0. The van der Waals surface area contributed by atoms with Crippen molar-refractivity contribution in [3.05, 3.63) is 70.0 Å².